The van der Waals surface area contributed by atoms with Gasteiger partial charge >= 0.3 is 0 Å². The zero-order chi connectivity index (χ0) is 44.3. The molecule has 0 unspecified atom stereocenters. The van der Waals surface area contributed by atoms with Crippen LogP contribution in [0.2, 0.25) is 0 Å². The summed E-state index contributed by atoms with van der Waals surface area (Å²) in [5.41, 5.74) is 13.5. The molecule has 0 N–H and O–H groups in total. The van der Waals surface area contributed by atoms with Crippen molar-refractivity contribution in [2.24, 2.45) is 0 Å². The zero-order valence-corrected chi connectivity index (χ0v) is 38.3. The first-order chi connectivity index (χ1) is 30.9. The molecule has 0 aromatic heterocycles. The van der Waals surface area contributed by atoms with Crippen molar-refractivity contribution in [3.63, 3.8) is 0 Å². The van der Waals surface area contributed by atoms with Gasteiger partial charge in [-0.2, -0.15) is 5.26 Å². The van der Waals surface area contributed by atoms with E-state index in [0.717, 1.165) is 22.7 Å². The average molecular weight is 835 g/mol. The number of benzene rings is 8. The van der Waals surface area contributed by atoms with Crippen LogP contribution in [-0.2, 0) is 10.8 Å². The third kappa shape index (κ3) is 7.34. The van der Waals surface area contributed by atoms with Gasteiger partial charge in [0.1, 0.15) is 0 Å². The third-order valence-electron chi connectivity index (χ3n) is 14.5. The number of nitriles is 1. The zero-order valence-electron chi connectivity index (χ0n) is 38.3. The lowest BCUT2D eigenvalue weighted by Gasteiger charge is -2.32. The standard InChI is InChI=1S/C60H58N4/c1-59(2,3)42-18-26-46(27-19-42)63(45-24-16-39(38-61)17-25-45)55-36-53(40-12-8-9-13-40)49-33-35-52-56(37-54(41-14-10-11-15-41)50-32-34-51(55)57(49)58(50)52)64(48-30-22-44(62-7)23-31-48)47-28-20-43(21-29-47)60(4,5)6/h16-37,40-41H,8-15H2,1-6H3. The summed E-state index contributed by atoms with van der Waals surface area (Å²) in [5, 5.41) is 17.7. The molecule has 4 heteroatoms. The molecule has 2 aliphatic carbocycles. The molecule has 64 heavy (non-hydrogen) atoms. The Morgan fingerprint density at radius 1 is 0.484 bits per heavy atom. The predicted octanol–water partition coefficient (Wildman–Crippen LogP) is 17.9. The predicted molar refractivity (Wildman–Crippen MR) is 270 cm³/mol. The average Bonchev–Trinajstić information content (AvgIpc) is 4.06. The molecule has 0 heterocycles. The molecule has 2 aliphatic rings. The molecule has 0 atom stereocenters. The van der Waals surface area contributed by atoms with Crippen molar-refractivity contribution in [1.29, 1.82) is 5.26 Å². The highest BCUT2D eigenvalue weighted by Crippen LogP contribution is 2.53. The Morgan fingerprint density at radius 3 is 1.17 bits per heavy atom. The van der Waals surface area contributed by atoms with E-state index < -0.39 is 0 Å². The minimum Gasteiger partial charge on any atom is -0.310 e. The Kier molecular flexibility index (Phi) is 10.5. The second kappa shape index (κ2) is 16.2. The molecule has 318 valence electrons. The third-order valence-corrected chi connectivity index (χ3v) is 14.5. The van der Waals surface area contributed by atoms with E-state index in [9.17, 15) is 5.26 Å². The summed E-state index contributed by atoms with van der Waals surface area (Å²) in [6.45, 7) is 21.4. The van der Waals surface area contributed by atoms with Crippen LogP contribution in [0.25, 0.3) is 37.2 Å². The Bertz CT molecular complexity index is 2850. The smallest absolute Gasteiger partial charge is 0.187 e. The van der Waals surface area contributed by atoms with Crippen LogP contribution in [0.15, 0.2) is 133 Å². The second-order valence-electron chi connectivity index (χ2n) is 20.6. The molecule has 0 spiro atoms. The van der Waals surface area contributed by atoms with E-state index in [4.69, 9.17) is 6.57 Å². The first-order valence-corrected chi connectivity index (χ1v) is 23.5. The lowest BCUT2D eigenvalue weighted by Crippen LogP contribution is -2.15. The van der Waals surface area contributed by atoms with E-state index in [-0.39, 0.29) is 10.8 Å². The molecule has 0 radical (unpaired) electrons. The minimum atomic E-state index is 0.0245. The summed E-state index contributed by atoms with van der Waals surface area (Å²) < 4.78 is 0. The van der Waals surface area contributed by atoms with Gasteiger partial charge in [-0.15, -0.1) is 0 Å². The molecule has 8 aromatic rings. The van der Waals surface area contributed by atoms with Gasteiger partial charge in [0.05, 0.1) is 29.6 Å². The molecule has 8 aromatic carbocycles. The molecule has 0 bridgehead atoms. The van der Waals surface area contributed by atoms with Gasteiger partial charge in [-0.05, 0) is 165 Å². The van der Waals surface area contributed by atoms with Crippen LogP contribution in [0.3, 0.4) is 0 Å². The van der Waals surface area contributed by atoms with Gasteiger partial charge in [0, 0.05) is 33.5 Å². The van der Waals surface area contributed by atoms with E-state index in [1.165, 1.54) is 117 Å². The van der Waals surface area contributed by atoms with Gasteiger partial charge in [-0.3, -0.25) is 0 Å². The van der Waals surface area contributed by atoms with Crippen LogP contribution in [0.4, 0.5) is 39.8 Å². The number of nitrogens with zero attached hydrogens (tertiary/aromatic N) is 4. The van der Waals surface area contributed by atoms with Gasteiger partial charge < -0.3 is 9.80 Å². The van der Waals surface area contributed by atoms with Crippen molar-refractivity contribution in [2.75, 3.05) is 9.80 Å². The maximum atomic E-state index is 9.86. The van der Waals surface area contributed by atoms with Crippen molar-refractivity contribution < 1.29 is 0 Å². The molecule has 4 nitrogen and oxygen atoms in total. The Hall–Kier alpha value is -6.62. The van der Waals surface area contributed by atoms with E-state index in [1.807, 2.05) is 24.3 Å². The van der Waals surface area contributed by atoms with Gasteiger partial charge in [-0.25, -0.2) is 4.85 Å². The number of anilines is 6. The number of rotatable bonds is 8. The maximum Gasteiger partial charge on any atom is 0.187 e. The highest BCUT2D eigenvalue weighted by molar-refractivity contribution is 6.29. The van der Waals surface area contributed by atoms with Crippen molar-refractivity contribution >= 4 is 72.1 Å². The minimum absolute atomic E-state index is 0.0245. The Balaban J connectivity index is 1.31. The molecule has 10 rings (SSSR count). The number of hydrogen-bond donors (Lipinski definition) is 0. The van der Waals surface area contributed by atoms with Crippen LogP contribution >= 0.6 is 0 Å². The normalized spacial score (nSPS) is 15.0. The summed E-state index contributed by atoms with van der Waals surface area (Å²) in [6.07, 6.45) is 9.78. The highest BCUT2D eigenvalue weighted by Gasteiger charge is 2.30. The first kappa shape index (κ1) is 41.4. The van der Waals surface area contributed by atoms with Crippen LogP contribution in [0.5, 0.6) is 0 Å². The van der Waals surface area contributed by atoms with Gasteiger partial charge in [-0.1, -0.05) is 128 Å². The lowest BCUT2D eigenvalue weighted by atomic mass is 9.82. The molecule has 0 amide bonds. The molecule has 2 saturated carbocycles. The Morgan fingerprint density at radius 2 is 0.828 bits per heavy atom. The van der Waals surface area contributed by atoms with Gasteiger partial charge in [0.2, 0.25) is 0 Å². The van der Waals surface area contributed by atoms with E-state index in [1.54, 1.807) is 0 Å². The largest absolute Gasteiger partial charge is 0.310 e. The fraction of sp³-hybridized carbons (Fsp3) is 0.300. The summed E-state index contributed by atoms with van der Waals surface area (Å²) >= 11 is 0. The van der Waals surface area contributed by atoms with Gasteiger partial charge in [0.15, 0.2) is 5.69 Å². The van der Waals surface area contributed by atoms with E-state index in [2.05, 4.69) is 171 Å². The van der Waals surface area contributed by atoms with E-state index in [0.29, 0.717) is 23.1 Å². The quantitative estimate of drug-likeness (QED) is 0.113. The van der Waals surface area contributed by atoms with Crippen LogP contribution < -0.4 is 9.80 Å². The molecular formula is C60H58N4. The topological polar surface area (TPSA) is 34.6 Å². The van der Waals surface area contributed by atoms with E-state index >= 15 is 0 Å². The molecule has 0 saturated heterocycles. The highest BCUT2D eigenvalue weighted by atomic mass is 15.2. The van der Waals surface area contributed by atoms with Crippen LogP contribution in [0.1, 0.15) is 133 Å². The van der Waals surface area contributed by atoms with Crippen molar-refractivity contribution in [2.45, 2.75) is 116 Å². The fourth-order valence-electron chi connectivity index (χ4n) is 11.0. The maximum absolute atomic E-state index is 9.86. The fourth-order valence-corrected chi connectivity index (χ4v) is 11.0. The van der Waals surface area contributed by atoms with Crippen molar-refractivity contribution in [3.8, 4) is 6.07 Å². The monoisotopic (exact) mass is 834 g/mol. The molecule has 2 fully saturated rings. The Labute approximate surface area is 379 Å². The second-order valence-corrected chi connectivity index (χ2v) is 20.6. The van der Waals surface area contributed by atoms with Gasteiger partial charge in [0.25, 0.3) is 0 Å². The summed E-state index contributed by atoms with van der Waals surface area (Å²) in [5.74, 6) is 0.949. The summed E-state index contributed by atoms with van der Waals surface area (Å²) in [6, 6.07) is 51.7. The summed E-state index contributed by atoms with van der Waals surface area (Å²) in [4.78, 5) is 8.66. The summed E-state index contributed by atoms with van der Waals surface area (Å²) in [7, 11) is 0. The van der Waals surface area contributed by atoms with Crippen molar-refractivity contribution in [3.05, 3.63) is 173 Å². The lowest BCUT2D eigenvalue weighted by molar-refractivity contribution is 0.590. The van der Waals surface area contributed by atoms with Crippen LogP contribution in [0, 0.1) is 17.9 Å². The SMILES string of the molecule is [C-]#[N+]c1ccc(N(c2ccc(C(C)(C)C)cc2)c2cc(C3CCCC3)c3ccc4c(N(c5ccc(C#N)cc5)c5ccc(C(C)(C)C)cc5)cc(C5CCCC5)c5ccc2c3c54)cc1. The van der Waals surface area contributed by atoms with Crippen molar-refractivity contribution in [1.82, 2.24) is 0 Å². The molecule has 0 aliphatic heterocycles. The molecular weight excluding hydrogens is 777 g/mol. The van der Waals surface area contributed by atoms with Crippen LogP contribution in [-0.4, -0.2) is 0 Å². The number of hydrogen-bond acceptors (Lipinski definition) is 3. The first-order valence-electron chi connectivity index (χ1n) is 23.5.